The van der Waals surface area contributed by atoms with Crippen LogP contribution in [0, 0.1) is 0 Å². The second-order valence-electron chi connectivity index (χ2n) is 5.69. The Hall–Kier alpha value is -1.20. The number of amides is 1. The lowest BCUT2D eigenvalue weighted by Gasteiger charge is -2.28. The van der Waals surface area contributed by atoms with Crippen LogP contribution in [0.2, 0.25) is 0 Å². The Labute approximate surface area is 130 Å². The van der Waals surface area contributed by atoms with Crippen molar-refractivity contribution in [1.82, 2.24) is 5.32 Å². The van der Waals surface area contributed by atoms with Crippen molar-refractivity contribution >= 4 is 17.7 Å². The molecular formula is C16H24N2O2S. The summed E-state index contributed by atoms with van der Waals surface area (Å²) < 4.78 is 0. The molecule has 0 heterocycles. The predicted molar refractivity (Wildman–Crippen MR) is 87.5 cm³/mol. The van der Waals surface area contributed by atoms with Gasteiger partial charge in [0.25, 0.3) is 0 Å². The summed E-state index contributed by atoms with van der Waals surface area (Å²) in [5.74, 6) is 0.151. The summed E-state index contributed by atoms with van der Waals surface area (Å²) in [5, 5.41) is 13.1. The van der Waals surface area contributed by atoms with Crippen LogP contribution in [0.25, 0.3) is 0 Å². The molecule has 1 aliphatic carbocycles. The van der Waals surface area contributed by atoms with Gasteiger partial charge in [0.2, 0.25) is 5.91 Å². The first kappa shape index (κ1) is 16.2. The smallest absolute Gasteiger partial charge is 0.237 e. The Kier molecular flexibility index (Phi) is 5.94. The van der Waals surface area contributed by atoms with Crippen molar-refractivity contribution in [3.05, 3.63) is 29.8 Å². The van der Waals surface area contributed by atoms with Gasteiger partial charge >= 0.3 is 0 Å². The quantitative estimate of drug-likeness (QED) is 0.778. The summed E-state index contributed by atoms with van der Waals surface area (Å²) in [6, 6.07) is 6.56. The van der Waals surface area contributed by atoms with E-state index in [1.807, 2.05) is 11.8 Å². The highest BCUT2D eigenvalue weighted by molar-refractivity contribution is 7.99. The minimum Gasteiger partial charge on any atom is -0.508 e. The standard InChI is InChI=1S/C16H24N2O2S/c1-21-14-8-4-12(5-9-14)18-16(20)15(17)10-11-2-6-13(19)7-3-11/h2-3,6-7,12,14-15,19H,4-5,8-10,17H2,1H3,(H,18,20)/t12?,14?,15-/m0/s1. The number of phenols is 1. The van der Waals surface area contributed by atoms with Gasteiger partial charge in [0.1, 0.15) is 5.75 Å². The van der Waals surface area contributed by atoms with E-state index < -0.39 is 6.04 Å². The maximum absolute atomic E-state index is 12.1. The van der Waals surface area contributed by atoms with E-state index in [4.69, 9.17) is 5.73 Å². The van der Waals surface area contributed by atoms with Crippen LogP contribution in [0.4, 0.5) is 0 Å². The minimum atomic E-state index is -0.534. The van der Waals surface area contributed by atoms with Gasteiger partial charge in [-0.05, 0) is 56.1 Å². The molecule has 21 heavy (non-hydrogen) atoms. The molecule has 0 bridgehead atoms. The van der Waals surface area contributed by atoms with Gasteiger partial charge in [-0.3, -0.25) is 4.79 Å². The Morgan fingerprint density at radius 2 is 1.95 bits per heavy atom. The molecular weight excluding hydrogens is 284 g/mol. The molecule has 1 aliphatic rings. The summed E-state index contributed by atoms with van der Waals surface area (Å²) in [4.78, 5) is 12.1. The highest BCUT2D eigenvalue weighted by Gasteiger charge is 2.23. The normalized spacial score (nSPS) is 23.5. The van der Waals surface area contributed by atoms with Crippen molar-refractivity contribution in [2.45, 2.75) is 49.4 Å². The van der Waals surface area contributed by atoms with Crippen LogP contribution >= 0.6 is 11.8 Å². The number of carbonyl (C=O) groups excluding carboxylic acids is 1. The fraction of sp³-hybridized carbons (Fsp3) is 0.562. The summed E-state index contributed by atoms with van der Waals surface area (Å²) in [5.41, 5.74) is 6.94. The number of benzene rings is 1. The molecule has 0 radical (unpaired) electrons. The first-order valence-corrected chi connectivity index (χ1v) is 8.74. The predicted octanol–water partition coefficient (Wildman–Crippen LogP) is 2.05. The third-order valence-electron chi connectivity index (χ3n) is 4.08. The third kappa shape index (κ3) is 4.93. The summed E-state index contributed by atoms with van der Waals surface area (Å²) in [7, 11) is 0. The largest absolute Gasteiger partial charge is 0.508 e. The molecule has 2 rings (SSSR count). The number of carbonyl (C=O) groups is 1. The molecule has 5 heteroatoms. The molecule has 0 unspecified atom stereocenters. The number of hydrogen-bond donors (Lipinski definition) is 3. The number of rotatable bonds is 5. The fourth-order valence-corrected chi connectivity index (χ4v) is 3.47. The topological polar surface area (TPSA) is 75.4 Å². The van der Waals surface area contributed by atoms with Crippen LogP contribution in [0.5, 0.6) is 5.75 Å². The summed E-state index contributed by atoms with van der Waals surface area (Å²) >= 11 is 1.92. The molecule has 0 aliphatic heterocycles. The molecule has 4 nitrogen and oxygen atoms in total. The molecule has 1 atom stereocenters. The number of nitrogens with two attached hydrogens (primary N) is 1. The van der Waals surface area contributed by atoms with E-state index in [1.165, 1.54) is 12.8 Å². The number of nitrogens with one attached hydrogen (secondary N) is 1. The van der Waals surface area contributed by atoms with Gasteiger partial charge in [-0.15, -0.1) is 0 Å². The zero-order chi connectivity index (χ0) is 15.2. The van der Waals surface area contributed by atoms with Crippen molar-refractivity contribution < 1.29 is 9.90 Å². The van der Waals surface area contributed by atoms with Gasteiger partial charge in [0.15, 0.2) is 0 Å². The molecule has 1 aromatic carbocycles. The van der Waals surface area contributed by atoms with Gasteiger partial charge in [0, 0.05) is 11.3 Å². The maximum atomic E-state index is 12.1. The van der Waals surface area contributed by atoms with Crippen LogP contribution in [-0.4, -0.2) is 34.6 Å². The van der Waals surface area contributed by atoms with Crippen molar-refractivity contribution in [3.8, 4) is 5.75 Å². The van der Waals surface area contributed by atoms with Gasteiger partial charge in [-0.25, -0.2) is 0 Å². The Balaban J connectivity index is 1.78. The molecule has 116 valence electrons. The van der Waals surface area contributed by atoms with Crippen LogP contribution in [0.3, 0.4) is 0 Å². The highest BCUT2D eigenvalue weighted by atomic mass is 32.2. The van der Waals surface area contributed by atoms with E-state index in [0.29, 0.717) is 6.42 Å². The molecule has 1 amide bonds. The number of thioether (sulfide) groups is 1. The van der Waals surface area contributed by atoms with Crippen LogP contribution < -0.4 is 11.1 Å². The lowest BCUT2D eigenvalue weighted by Crippen LogP contribution is -2.47. The van der Waals surface area contributed by atoms with Crippen molar-refractivity contribution in [2.75, 3.05) is 6.26 Å². The van der Waals surface area contributed by atoms with E-state index in [0.717, 1.165) is 23.7 Å². The van der Waals surface area contributed by atoms with Crippen molar-refractivity contribution in [1.29, 1.82) is 0 Å². The highest BCUT2D eigenvalue weighted by Crippen LogP contribution is 2.26. The Morgan fingerprint density at radius 3 is 2.52 bits per heavy atom. The van der Waals surface area contributed by atoms with Gasteiger partial charge in [-0.1, -0.05) is 12.1 Å². The molecule has 0 aromatic heterocycles. The second kappa shape index (κ2) is 7.71. The molecule has 1 saturated carbocycles. The van der Waals surface area contributed by atoms with Gasteiger partial charge in [0.05, 0.1) is 6.04 Å². The average Bonchev–Trinajstić information content (AvgIpc) is 2.50. The van der Waals surface area contributed by atoms with Gasteiger partial charge < -0.3 is 16.2 Å². The average molecular weight is 308 g/mol. The lowest BCUT2D eigenvalue weighted by molar-refractivity contribution is -0.123. The van der Waals surface area contributed by atoms with Crippen molar-refractivity contribution in [2.24, 2.45) is 5.73 Å². The Morgan fingerprint density at radius 1 is 1.33 bits per heavy atom. The maximum Gasteiger partial charge on any atom is 0.237 e. The fourth-order valence-electron chi connectivity index (χ4n) is 2.73. The van der Waals surface area contributed by atoms with E-state index in [2.05, 4.69) is 11.6 Å². The molecule has 4 N–H and O–H groups in total. The first-order chi connectivity index (χ1) is 10.1. The number of hydrogen-bond acceptors (Lipinski definition) is 4. The monoisotopic (exact) mass is 308 g/mol. The zero-order valence-electron chi connectivity index (χ0n) is 12.4. The minimum absolute atomic E-state index is 0.0734. The number of aromatic hydroxyl groups is 1. The third-order valence-corrected chi connectivity index (χ3v) is 5.22. The van der Waals surface area contributed by atoms with E-state index in [1.54, 1.807) is 24.3 Å². The molecule has 0 spiro atoms. The van der Waals surface area contributed by atoms with E-state index in [9.17, 15) is 9.90 Å². The number of phenolic OH excluding ortho intramolecular Hbond substituents is 1. The summed E-state index contributed by atoms with van der Waals surface area (Å²) in [6.07, 6.45) is 7.06. The van der Waals surface area contributed by atoms with Gasteiger partial charge in [-0.2, -0.15) is 11.8 Å². The summed E-state index contributed by atoms with van der Waals surface area (Å²) in [6.45, 7) is 0. The molecule has 0 saturated heterocycles. The van der Waals surface area contributed by atoms with Crippen molar-refractivity contribution in [3.63, 3.8) is 0 Å². The van der Waals surface area contributed by atoms with Crippen LogP contribution in [-0.2, 0) is 11.2 Å². The molecule has 1 fully saturated rings. The van der Waals surface area contributed by atoms with Crippen LogP contribution in [0.1, 0.15) is 31.2 Å². The SMILES string of the molecule is CSC1CCC(NC(=O)[C@@H](N)Cc2ccc(O)cc2)CC1. The molecule has 1 aromatic rings. The lowest BCUT2D eigenvalue weighted by atomic mass is 9.94. The zero-order valence-corrected chi connectivity index (χ0v) is 13.2. The van der Waals surface area contributed by atoms with E-state index in [-0.39, 0.29) is 17.7 Å². The Bertz CT molecular complexity index is 456. The first-order valence-electron chi connectivity index (χ1n) is 7.45. The van der Waals surface area contributed by atoms with E-state index >= 15 is 0 Å². The second-order valence-corrected chi connectivity index (χ2v) is 6.83. The van der Waals surface area contributed by atoms with Crippen LogP contribution in [0.15, 0.2) is 24.3 Å².